The van der Waals surface area contributed by atoms with Crippen LogP contribution in [0.3, 0.4) is 0 Å². The van der Waals surface area contributed by atoms with Gasteiger partial charge in [0.2, 0.25) is 0 Å². The van der Waals surface area contributed by atoms with Gasteiger partial charge in [-0.15, -0.1) is 0 Å². The van der Waals surface area contributed by atoms with Gasteiger partial charge in [0, 0.05) is 6.20 Å². The quantitative estimate of drug-likeness (QED) is 0.611. The first-order valence-corrected chi connectivity index (χ1v) is 4.71. The number of pyridine rings is 1. The van der Waals surface area contributed by atoms with Gasteiger partial charge in [-0.25, -0.2) is 9.37 Å². The van der Waals surface area contributed by atoms with Gasteiger partial charge >= 0.3 is 12.1 Å². The monoisotopic (exact) mass is 251 g/mol. The molecule has 0 atom stereocenters. The molecule has 1 rings (SSSR count). The Kier molecular flexibility index (Phi) is 4.03. The molecular weight excluding hydrogens is 242 g/mol. The van der Waals surface area contributed by atoms with Crippen LogP contribution < -0.4 is 0 Å². The van der Waals surface area contributed by atoms with E-state index in [1.54, 1.807) is 6.92 Å². The van der Waals surface area contributed by atoms with Crippen molar-refractivity contribution in [2.75, 3.05) is 6.61 Å². The first kappa shape index (κ1) is 13.4. The zero-order chi connectivity index (χ0) is 13.1. The van der Waals surface area contributed by atoms with E-state index in [0.29, 0.717) is 6.07 Å². The molecule has 0 saturated carbocycles. The Balaban J connectivity index is 2.86. The number of carbonyl (C=O) groups excluding carboxylic acids is 1. The normalized spacial score (nSPS) is 11.4. The smallest absolute Gasteiger partial charge is 0.436 e. The van der Waals surface area contributed by atoms with Crippen molar-refractivity contribution in [3.8, 4) is 0 Å². The van der Waals surface area contributed by atoms with Crippen molar-refractivity contribution in [1.29, 1.82) is 0 Å². The molecule has 0 aliphatic carbocycles. The fourth-order valence-electron chi connectivity index (χ4n) is 1.16. The maximum absolute atomic E-state index is 13.0. The molecule has 0 aliphatic heterocycles. The molecule has 0 aromatic carbocycles. The van der Waals surface area contributed by atoms with Crippen LogP contribution in [0.2, 0.25) is 0 Å². The van der Waals surface area contributed by atoms with Crippen molar-refractivity contribution < 1.29 is 27.1 Å². The Labute approximate surface area is 94.4 Å². The summed E-state index contributed by atoms with van der Waals surface area (Å²) in [5, 5.41) is 0. The second-order valence-corrected chi connectivity index (χ2v) is 3.15. The molecular formula is C10H9F4NO2. The van der Waals surface area contributed by atoms with Gasteiger partial charge in [0.15, 0.2) is 11.5 Å². The number of hydrogen-bond acceptors (Lipinski definition) is 3. The summed E-state index contributed by atoms with van der Waals surface area (Å²) in [6.07, 6.45) is -4.34. The predicted molar refractivity (Wildman–Crippen MR) is 49.5 cm³/mol. The molecule has 0 saturated heterocycles. The summed E-state index contributed by atoms with van der Waals surface area (Å²) in [4.78, 5) is 14.0. The topological polar surface area (TPSA) is 39.2 Å². The average molecular weight is 251 g/mol. The van der Waals surface area contributed by atoms with Crippen molar-refractivity contribution in [3.05, 3.63) is 29.3 Å². The van der Waals surface area contributed by atoms with Gasteiger partial charge in [-0.05, 0) is 18.6 Å². The number of aromatic nitrogens is 1. The van der Waals surface area contributed by atoms with Crippen molar-refractivity contribution in [1.82, 2.24) is 4.98 Å². The van der Waals surface area contributed by atoms with E-state index in [2.05, 4.69) is 9.72 Å². The minimum Gasteiger partial charge on any atom is -0.466 e. The Morgan fingerprint density at radius 1 is 1.47 bits per heavy atom. The molecule has 0 spiro atoms. The Morgan fingerprint density at radius 3 is 2.59 bits per heavy atom. The zero-order valence-electron chi connectivity index (χ0n) is 8.84. The fourth-order valence-corrected chi connectivity index (χ4v) is 1.16. The number of alkyl halides is 3. The third-order valence-electron chi connectivity index (χ3n) is 1.82. The van der Waals surface area contributed by atoms with Gasteiger partial charge in [-0.3, -0.25) is 4.79 Å². The maximum atomic E-state index is 13.0. The summed E-state index contributed by atoms with van der Waals surface area (Å²) in [6.45, 7) is 1.73. The van der Waals surface area contributed by atoms with Gasteiger partial charge in [0.05, 0.1) is 13.0 Å². The zero-order valence-corrected chi connectivity index (χ0v) is 8.84. The molecule has 0 N–H and O–H groups in total. The van der Waals surface area contributed by atoms with E-state index < -0.39 is 23.7 Å². The summed E-state index contributed by atoms with van der Waals surface area (Å²) in [7, 11) is 0. The lowest BCUT2D eigenvalue weighted by atomic mass is 10.2. The number of ether oxygens (including phenoxy) is 1. The highest BCUT2D eigenvalue weighted by molar-refractivity contribution is 5.72. The lowest BCUT2D eigenvalue weighted by Gasteiger charge is -2.08. The van der Waals surface area contributed by atoms with Crippen LogP contribution in [0.5, 0.6) is 0 Å². The van der Waals surface area contributed by atoms with Gasteiger partial charge in [-0.2, -0.15) is 13.2 Å². The molecule has 94 valence electrons. The molecule has 0 radical (unpaired) electrons. The van der Waals surface area contributed by atoms with E-state index in [1.807, 2.05) is 0 Å². The molecule has 0 unspecified atom stereocenters. The number of nitrogens with zero attached hydrogens (tertiary/aromatic N) is 1. The summed E-state index contributed by atoms with van der Waals surface area (Å²) in [5.41, 5.74) is -1.56. The van der Waals surface area contributed by atoms with Crippen molar-refractivity contribution in [2.45, 2.75) is 19.5 Å². The van der Waals surface area contributed by atoms with E-state index in [-0.39, 0.29) is 18.6 Å². The third kappa shape index (κ3) is 3.69. The van der Waals surface area contributed by atoms with Crippen LogP contribution in [-0.4, -0.2) is 17.6 Å². The molecule has 3 nitrogen and oxygen atoms in total. The number of rotatable bonds is 3. The molecule has 1 aromatic heterocycles. The van der Waals surface area contributed by atoms with Crippen LogP contribution in [0.15, 0.2) is 12.3 Å². The van der Waals surface area contributed by atoms with Crippen molar-refractivity contribution in [2.24, 2.45) is 0 Å². The first-order chi connectivity index (χ1) is 7.84. The molecule has 1 aromatic rings. The SMILES string of the molecule is CCOC(=O)Cc1cnc(C(F)(F)F)c(F)c1. The van der Waals surface area contributed by atoms with Gasteiger partial charge in [0.1, 0.15) is 0 Å². The third-order valence-corrected chi connectivity index (χ3v) is 1.82. The lowest BCUT2D eigenvalue weighted by molar-refractivity contribution is -0.143. The minimum absolute atomic E-state index is 0.0361. The van der Waals surface area contributed by atoms with Gasteiger partial charge in [0.25, 0.3) is 0 Å². The largest absolute Gasteiger partial charge is 0.466 e. The Morgan fingerprint density at radius 2 is 2.12 bits per heavy atom. The summed E-state index contributed by atoms with van der Waals surface area (Å²) in [5.74, 6) is -2.15. The van der Waals surface area contributed by atoms with Gasteiger partial charge < -0.3 is 4.74 Å². The average Bonchev–Trinajstić information content (AvgIpc) is 2.15. The molecule has 7 heteroatoms. The Hall–Kier alpha value is -1.66. The molecule has 1 heterocycles. The molecule has 0 bridgehead atoms. The fraction of sp³-hybridized carbons (Fsp3) is 0.400. The number of hydrogen-bond donors (Lipinski definition) is 0. The van der Waals surface area contributed by atoms with E-state index in [0.717, 1.165) is 6.20 Å². The van der Waals surface area contributed by atoms with Crippen LogP contribution in [0.25, 0.3) is 0 Å². The standard InChI is InChI=1S/C10H9F4NO2/c1-2-17-8(16)4-6-3-7(11)9(15-5-6)10(12,13)14/h3,5H,2,4H2,1H3. The highest BCUT2D eigenvalue weighted by Gasteiger charge is 2.36. The van der Waals surface area contributed by atoms with Crippen LogP contribution in [0, 0.1) is 5.82 Å². The first-order valence-electron chi connectivity index (χ1n) is 4.71. The minimum atomic E-state index is -4.84. The van der Waals surface area contributed by atoms with E-state index in [1.165, 1.54) is 0 Å². The lowest BCUT2D eigenvalue weighted by Crippen LogP contribution is -2.13. The molecule has 0 fully saturated rings. The van der Waals surface area contributed by atoms with Crippen molar-refractivity contribution >= 4 is 5.97 Å². The summed E-state index contributed by atoms with van der Waals surface area (Å²) in [6, 6.07) is 0.632. The molecule has 17 heavy (non-hydrogen) atoms. The van der Waals surface area contributed by atoms with Crippen molar-refractivity contribution in [3.63, 3.8) is 0 Å². The Bertz CT molecular complexity index is 417. The summed E-state index contributed by atoms with van der Waals surface area (Å²) >= 11 is 0. The molecule has 0 aliphatic rings. The van der Waals surface area contributed by atoms with Crippen LogP contribution >= 0.6 is 0 Å². The summed E-state index contributed by atoms with van der Waals surface area (Å²) < 4.78 is 54.1. The highest BCUT2D eigenvalue weighted by atomic mass is 19.4. The number of carbonyl (C=O) groups is 1. The maximum Gasteiger partial charge on any atom is 0.436 e. The highest BCUT2D eigenvalue weighted by Crippen LogP contribution is 2.29. The van der Waals surface area contributed by atoms with Crippen LogP contribution in [-0.2, 0) is 22.1 Å². The van der Waals surface area contributed by atoms with E-state index in [4.69, 9.17) is 0 Å². The predicted octanol–water partition coefficient (Wildman–Crippen LogP) is 2.35. The second kappa shape index (κ2) is 5.11. The van der Waals surface area contributed by atoms with E-state index >= 15 is 0 Å². The van der Waals surface area contributed by atoms with E-state index in [9.17, 15) is 22.4 Å². The van der Waals surface area contributed by atoms with Crippen LogP contribution in [0.4, 0.5) is 17.6 Å². The molecule has 0 amide bonds. The van der Waals surface area contributed by atoms with Crippen LogP contribution in [0.1, 0.15) is 18.2 Å². The number of esters is 1. The van der Waals surface area contributed by atoms with Gasteiger partial charge in [-0.1, -0.05) is 0 Å². The second-order valence-electron chi connectivity index (χ2n) is 3.15. The number of halogens is 4.